The topological polar surface area (TPSA) is 48.0 Å². The van der Waals surface area contributed by atoms with Crippen molar-refractivity contribution in [3.63, 3.8) is 0 Å². The summed E-state index contributed by atoms with van der Waals surface area (Å²) in [6.45, 7) is 3.82. The molecule has 0 bridgehead atoms. The number of hydrogen-bond donors (Lipinski definition) is 0. The van der Waals surface area contributed by atoms with Crippen LogP contribution in [0.1, 0.15) is 24.5 Å². The fourth-order valence-electron chi connectivity index (χ4n) is 3.54. The molecule has 3 aromatic carbocycles. The van der Waals surface area contributed by atoms with Crippen molar-refractivity contribution in [3.05, 3.63) is 93.9 Å². The molecule has 0 spiro atoms. The number of para-hydroxylation sites is 1. The lowest BCUT2D eigenvalue weighted by atomic mass is 10.1. The highest BCUT2D eigenvalue weighted by molar-refractivity contribution is 8.26. The molecule has 0 aromatic heterocycles. The fraction of sp³-hybridized carbons (Fsp3) is 0.214. The Bertz CT molecular complexity index is 1250. The van der Waals surface area contributed by atoms with Gasteiger partial charge in [0.25, 0.3) is 5.91 Å². The number of benzene rings is 3. The van der Waals surface area contributed by atoms with Crippen molar-refractivity contribution < 1.29 is 19.0 Å². The standard InChI is InChI=1S/C28H26ClNO4S2/c1-2-32-25-17-21(13-14-24(25)34-16-8-15-33-23-12-7-6-11-22(23)29)18-26-27(31)30(28(35)36-26)19-20-9-4-3-5-10-20/h3-7,9-14,17-18H,2,8,15-16,19H2,1H3/b26-18+. The molecule has 0 N–H and O–H groups in total. The highest BCUT2D eigenvalue weighted by Gasteiger charge is 2.32. The summed E-state index contributed by atoms with van der Waals surface area (Å²) in [4.78, 5) is 15.2. The van der Waals surface area contributed by atoms with E-state index in [1.54, 1.807) is 11.0 Å². The van der Waals surface area contributed by atoms with Crippen LogP contribution >= 0.6 is 35.6 Å². The molecule has 0 radical (unpaired) electrons. The molecule has 1 amide bonds. The first-order valence-electron chi connectivity index (χ1n) is 11.6. The van der Waals surface area contributed by atoms with E-state index >= 15 is 0 Å². The van der Waals surface area contributed by atoms with Gasteiger partial charge in [-0.3, -0.25) is 9.69 Å². The number of hydrogen-bond acceptors (Lipinski definition) is 6. The van der Waals surface area contributed by atoms with E-state index in [0.29, 0.717) is 64.3 Å². The molecular weight excluding hydrogens is 514 g/mol. The summed E-state index contributed by atoms with van der Waals surface area (Å²) >= 11 is 12.9. The number of amides is 1. The summed E-state index contributed by atoms with van der Waals surface area (Å²) in [5.41, 5.74) is 1.88. The minimum Gasteiger partial charge on any atom is -0.492 e. The number of nitrogens with zero attached hydrogens (tertiary/aromatic N) is 1. The number of rotatable bonds is 11. The highest BCUT2D eigenvalue weighted by Crippen LogP contribution is 2.35. The predicted octanol–water partition coefficient (Wildman–Crippen LogP) is 6.99. The van der Waals surface area contributed by atoms with Crippen LogP contribution in [0.4, 0.5) is 0 Å². The molecule has 1 aliphatic rings. The zero-order valence-electron chi connectivity index (χ0n) is 19.8. The zero-order chi connectivity index (χ0) is 25.3. The molecule has 0 atom stereocenters. The molecule has 186 valence electrons. The normalized spacial score (nSPS) is 14.4. The second kappa shape index (κ2) is 12.8. The van der Waals surface area contributed by atoms with Crippen molar-refractivity contribution in [3.8, 4) is 17.2 Å². The number of thiocarbonyl (C=S) groups is 1. The number of ether oxygens (including phenoxy) is 3. The number of carbonyl (C=O) groups is 1. The Labute approximate surface area is 226 Å². The number of thioether (sulfide) groups is 1. The first kappa shape index (κ1) is 26.1. The van der Waals surface area contributed by atoms with Gasteiger partial charge in [0.05, 0.1) is 36.3 Å². The van der Waals surface area contributed by atoms with Crippen molar-refractivity contribution in [1.82, 2.24) is 4.90 Å². The fourth-order valence-corrected chi connectivity index (χ4v) is 4.99. The van der Waals surface area contributed by atoms with Crippen LogP contribution in [0.15, 0.2) is 77.7 Å². The van der Waals surface area contributed by atoms with Gasteiger partial charge >= 0.3 is 0 Å². The van der Waals surface area contributed by atoms with E-state index in [-0.39, 0.29) is 5.91 Å². The zero-order valence-corrected chi connectivity index (χ0v) is 22.2. The molecule has 1 saturated heterocycles. The molecule has 1 aliphatic heterocycles. The summed E-state index contributed by atoms with van der Waals surface area (Å²) in [6, 6.07) is 22.8. The van der Waals surface area contributed by atoms with Gasteiger partial charge < -0.3 is 14.2 Å². The summed E-state index contributed by atoms with van der Waals surface area (Å²) in [5.74, 6) is 1.83. The maximum absolute atomic E-state index is 13.0. The van der Waals surface area contributed by atoms with Crippen LogP contribution in [0.3, 0.4) is 0 Å². The molecule has 3 aromatic rings. The maximum atomic E-state index is 13.0. The largest absolute Gasteiger partial charge is 0.492 e. The summed E-state index contributed by atoms with van der Waals surface area (Å²) in [6.07, 6.45) is 2.52. The quantitative estimate of drug-likeness (QED) is 0.149. The molecule has 1 fully saturated rings. The van der Waals surface area contributed by atoms with Crippen LogP contribution in [0, 0.1) is 0 Å². The van der Waals surface area contributed by atoms with Crippen molar-refractivity contribution in [2.24, 2.45) is 0 Å². The molecule has 8 heteroatoms. The second-order valence-electron chi connectivity index (χ2n) is 7.87. The third-order valence-electron chi connectivity index (χ3n) is 5.26. The van der Waals surface area contributed by atoms with Gasteiger partial charge in [-0.1, -0.05) is 84.1 Å². The molecule has 0 unspecified atom stereocenters. The Kier molecular flexibility index (Phi) is 9.28. The molecule has 4 rings (SSSR count). The van der Waals surface area contributed by atoms with E-state index in [2.05, 4.69) is 0 Å². The van der Waals surface area contributed by atoms with E-state index in [4.69, 9.17) is 38.0 Å². The van der Waals surface area contributed by atoms with E-state index in [1.807, 2.05) is 79.7 Å². The van der Waals surface area contributed by atoms with Crippen molar-refractivity contribution >= 4 is 51.9 Å². The van der Waals surface area contributed by atoms with Gasteiger partial charge in [0.1, 0.15) is 10.1 Å². The van der Waals surface area contributed by atoms with Gasteiger partial charge in [-0.2, -0.15) is 0 Å². The van der Waals surface area contributed by atoms with E-state index < -0.39 is 0 Å². The molecule has 36 heavy (non-hydrogen) atoms. The van der Waals surface area contributed by atoms with Gasteiger partial charge in [-0.25, -0.2) is 0 Å². The second-order valence-corrected chi connectivity index (χ2v) is 9.96. The molecule has 0 aliphatic carbocycles. The predicted molar refractivity (Wildman–Crippen MR) is 150 cm³/mol. The third-order valence-corrected chi connectivity index (χ3v) is 6.95. The van der Waals surface area contributed by atoms with Crippen LogP contribution in [-0.2, 0) is 11.3 Å². The van der Waals surface area contributed by atoms with Crippen LogP contribution in [0.5, 0.6) is 17.2 Å². The summed E-state index contributed by atoms with van der Waals surface area (Å²) in [7, 11) is 0. The molecular formula is C28H26ClNO4S2. The van der Waals surface area contributed by atoms with Crippen molar-refractivity contribution in [1.29, 1.82) is 0 Å². The van der Waals surface area contributed by atoms with Crippen LogP contribution in [0.25, 0.3) is 6.08 Å². The lowest BCUT2D eigenvalue weighted by Gasteiger charge is -2.14. The van der Waals surface area contributed by atoms with Gasteiger partial charge in [-0.15, -0.1) is 0 Å². The van der Waals surface area contributed by atoms with Gasteiger partial charge in [0.2, 0.25) is 0 Å². The lowest BCUT2D eigenvalue weighted by Crippen LogP contribution is -2.27. The van der Waals surface area contributed by atoms with Crippen LogP contribution < -0.4 is 14.2 Å². The molecule has 5 nitrogen and oxygen atoms in total. The van der Waals surface area contributed by atoms with E-state index in [1.165, 1.54) is 11.8 Å². The SMILES string of the molecule is CCOc1cc(/C=C2/SC(=S)N(Cc3ccccc3)C2=O)ccc1OCCCOc1ccccc1Cl. The number of carbonyl (C=O) groups excluding carboxylic acids is 1. The summed E-state index contributed by atoms with van der Waals surface area (Å²) in [5, 5.41) is 0.588. The van der Waals surface area contributed by atoms with E-state index in [0.717, 1.165) is 11.1 Å². The average Bonchev–Trinajstić information content (AvgIpc) is 3.14. The average molecular weight is 540 g/mol. The first-order valence-corrected chi connectivity index (χ1v) is 13.2. The first-order chi connectivity index (χ1) is 17.5. The Morgan fingerprint density at radius 3 is 2.39 bits per heavy atom. The van der Waals surface area contributed by atoms with Crippen LogP contribution in [0.2, 0.25) is 5.02 Å². The van der Waals surface area contributed by atoms with Gasteiger partial charge in [0, 0.05) is 6.42 Å². The Hall–Kier alpha value is -3.00. The summed E-state index contributed by atoms with van der Waals surface area (Å²) < 4.78 is 18.0. The lowest BCUT2D eigenvalue weighted by molar-refractivity contribution is -0.122. The van der Waals surface area contributed by atoms with Crippen LogP contribution in [-0.4, -0.2) is 34.9 Å². The minimum absolute atomic E-state index is 0.0920. The van der Waals surface area contributed by atoms with Gasteiger partial charge in [-0.05, 0) is 48.4 Å². The van der Waals surface area contributed by atoms with Gasteiger partial charge in [0.15, 0.2) is 11.5 Å². The Balaban J connectivity index is 1.37. The molecule has 0 saturated carbocycles. The monoisotopic (exact) mass is 539 g/mol. The maximum Gasteiger partial charge on any atom is 0.266 e. The Morgan fingerprint density at radius 2 is 1.64 bits per heavy atom. The van der Waals surface area contributed by atoms with E-state index in [9.17, 15) is 4.79 Å². The van der Waals surface area contributed by atoms with Crippen molar-refractivity contribution in [2.75, 3.05) is 19.8 Å². The number of halogens is 1. The third kappa shape index (κ3) is 6.81. The minimum atomic E-state index is -0.0920. The highest BCUT2D eigenvalue weighted by atomic mass is 35.5. The smallest absolute Gasteiger partial charge is 0.266 e. The molecule has 1 heterocycles. The Morgan fingerprint density at radius 1 is 0.917 bits per heavy atom. The van der Waals surface area contributed by atoms with Crippen molar-refractivity contribution in [2.45, 2.75) is 19.9 Å².